The Bertz CT molecular complexity index is 543. The minimum absolute atomic E-state index is 0.164. The fourth-order valence-electron chi connectivity index (χ4n) is 1.42. The molecular weight excluding hydrogens is 234 g/mol. The van der Waals surface area contributed by atoms with Crippen LogP contribution in [-0.4, -0.2) is 10.9 Å². The van der Waals surface area contributed by atoms with E-state index in [0.717, 1.165) is 11.3 Å². The number of rotatable bonds is 2. The zero-order valence-corrected chi connectivity index (χ0v) is 10.5. The van der Waals surface area contributed by atoms with E-state index in [1.807, 2.05) is 32.0 Å². The molecule has 0 bridgehead atoms. The average Bonchev–Trinajstić information content (AvgIpc) is 2.58. The van der Waals surface area contributed by atoms with Gasteiger partial charge in [0, 0.05) is 5.56 Å². The SMILES string of the molecule is Cc1cccc(C(=O)Nc2nc(C)c(N)s2)c1. The van der Waals surface area contributed by atoms with Crippen molar-refractivity contribution in [1.82, 2.24) is 4.98 Å². The number of nitrogens with zero attached hydrogens (tertiary/aromatic N) is 1. The molecule has 5 heteroatoms. The molecule has 0 saturated carbocycles. The molecule has 17 heavy (non-hydrogen) atoms. The number of carbonyl (C=O) groups excluding carboxylic acids is 1. The van der Waals surface area contributed by atoms with Crippen molar-refractivity contribution in [1.29, 1.82) is 0 Å². The highest BCUT2D eigenvalue weighted by atomic mass is 32.1. The van der Waals surface area contributed by atoms with Gasteiger partial charge in [-0.3, -0.25) is 10.1 Å². The quantitative estimate of drug-likeness (QED) is 0.857. The molecule has 3 N–H and O–H groups in total. The second-order valence-electron chi connectivity index (χ2n) is 3.79. The molecule has 0 unspecified atom stereocenters. The summed E-state index contributed by atoms with van der Waals surface area (Å²) in [5.74, 6) is -0.164. The smallest absolute Gasteiger partial charge is 0.257 e. The van der Waals surface area contributed by atoms with E-state index in [1.165, 1.54) is 11.3 Å². The maximum Gasteiger partial charge on any atom is 0.257 e. The van der Waals surface area contributed by atoms with E-state index in [1.54, 1.807) is 6.07 Å². The molecule has 0 atom stereocenters. The third kappa shape index (κ3) is 2.62. The Morgan fingerprint density at radius 1 is 1.41 bits per heavy atom. The molecule has 88 valence electrons. The standard InChI is InChI=1S/C12H13N3OS/c1-7-4-3-5-9(6-7)11(16)15-12-14-8(2)10(13)17-12/h3-6H,13H2,1-2H3,(H,14,15,16). The molecule has 1 amide bonds. The summed E-state index contributed by atoms with van der Waals surface area (Å²) in [7, 11) is 0. The molecule has 2 rings (SSSR count). The number of amides is 1. The lowest BCUT2D eigenvalue weighted by atomic mass is 10.1. The normalized spacial score (nSPS) is 10.2. The molecular formula is C12H13N3OS. The highest BCUT2D eigenvalue weighted by Crippen LogP contribution is 2.24. The van der Waals surface area contributed by atoms with E-state index in [0.29, 0.717) is 15.7 Å². The number of thiazole rings is 1. The highest BCUT2D eigenvalue weighted by Gasteiger charge is 2.10. The zero-order valence-electron chi connectivity index (χ0n) is 9.65. The number of aromatic nitrogens is 1. The summed E-state index contributed by atoms with van der Waals surface area (Å²) in [6, 6.07) is 7.40. The predicted octanol–water partition coefficient (Wildman–Crippen LogP) is 2.59. The van der Waals surface area contributed by atoms with Crippen LogP contribution in [0.5, 0.6) is 0 Å². The summed E-state index contributed by atoms with van der Waals surface area (Å²) < 4.78 is 0. The van der Waals surface area contributed by atoms with Gasteiger partial charge in [0.05, 0.1) is 5.69 Å². The van der Waals surface area contributed by atoms with Crippen LogP contribution in [0.2, 0.25) is 0 Å². The Labute approximate surface area is 103 Å². The van der Waals surface area contributed by atoms with Gasteiger partial charge < -0.3 is 5.73 Å². The third-order valence-electron chi connectivity index (χ3n) is 2.33. The number of anilines is 2. The first-order chi connectivity index (χ1) is 8.06. The first-order valence-corrected chi connectivity index (χ1v) is 5.99. The number of aryl methyl sites for hydroxylation is 2. The Morgan fingerprint density at radius 3 is 2.76 bits per heavy atom. The second-order valence-corrected chi connectivity index (χ2v) is 4.82. The van der Waals surface area contributed by atoms with Crippen LogP contribution in [0.25, 0.3) is 0 Å². The lowest BCUT2D eigenvalue weighted by molar-refractivity contribution is 0.102. The molecule has 1 heterocycles. The van der Waals surface area contributed by atoms with Crippen molar-refractivity contribution in [2.24, 2.45) is 0 Å². The van der Waals surface area contributed by atoms with E-state index in [4.69, 9.17) is 5.73 Å². The van der Waals surface area contributed by atoms with E-state index in [2.05, 4.69) is 10.3 Å². The first-order valence-electron chi connectivity index (χ1n) is 5.17. The molecule has 1 aromatic carbocycles. The largest absolute Gasteiger partial charge is 0.389 e. The summed E-state index contributed by atoms with van der Waals surface area (Å²) in [5, 5.41) is 3.90. The number of nitrogens with two attached hydrogens (primary N) is 1. The van der Waals surface area contributed by atoms with Crippen molar-refractivity contribution < 1.29 is 4.79 Å². The van der Waals surface area contributed by atoms with E-state index in [9.17, 15) is 4.79 Å². The van der Waals surface area contributed by atoms with Crippen LogP contribution in [0.4, 0.5) is 10.1 Å². The van der Waals surface area contributed by atoms with Gasteiger partial charge in [0.1, 0.15) is 5.00 Å². The molecule has 0 radical (unpaired) electrons. The van der Waals surface area contributed by atoms with Crippen LogP contribution < -0.4 is 11.1 Å². The lowest BCUT2D eigenvalue weighted by Gasteiger charge is -2.02. The Morgan fingerprint density at radius 2 is 2.18 bits per heavy atom. The number of nitrogens with one attached hydrogen (secondary N) is 1. The number of nitrogen functional groups attached to an aromatic ring is 1. The Kier molecular flexibility index (Phi) is 3.10. The molecule has 0 spiro atoms. The number of carbonyl (C=O) groups is 1. The van der Waals surface area contributed by atoms with Gasteiger partial charge in [0.2, 0.25) is 0 Å². The van der Waals surface area contributed by atoms with Gasteiger partial charge in [-0.25, -0.2) is 4.98 Å². The molecule has 0 fully saturated rings. The van der Waals surface area contributed by atoms with E-state index < -0.39 is 0 Å². The van der Waals surface area contributed by atoms with E-state index in [-0.39, 0.29) is 5.91 Å². The van der Waals surface area contributed by atoms with Crippen LogP contribution in [-0.2, 0) is 0 Å². The minimum Gasteiger partial charge on any atom is -0.389 e. The number of hydrogen-bond acceptors (Lipinski definition) is 4. The van der Waals surface area contributed by atoms with Crippen LogP contribution in [0, 0.1) is 13.8 Å². The van der Waals surface area contributed by atoms with Gasteiger partial charge in [-0.05, 0) is 26.0 Å². The highest BCUT2D eigenvalue weighted by molar-refractivity contribution is 7.19. The predicted molar refractivity (Wildman–Crippen MR) is 70.4 cm³/mol. The van der Waals surface area contributed by atoms with Crippen molar-refractivity contribution in [2.75, 3.05) is 11.1 Å². The minimum atomic E-state index is -0.164. The first kappa shape index (κ1) is 11.6. The maximum atomic E-state index is 11.9. The fraction of sp³-hybridized carbons (Fsp3) is 0.167. The van der Waals surface area contributed by atoms with Gasteiger partial charge in [-0.1, -0.05) is 29.0 Å². The number of hydrogen-bond donors (Lipinski definition) is 2. The summed E-state index contributed by atoms with van der Waals surface area (Å²) in [5.41, 5.74) is 8.10. The Balaban J connectivity index is 2.17. The molecule has 0 aliphatic heterocycles. The molecule has 1 aromatic heterocycles. The Hall–Kier alpha value is -1.88. The van der Waals surface area contributed by atoms with Crippen LogP contribution >= 0.6 is 11.3 Å². The molecule has 4 nitrogen and oxygen atoms in total. The summed E-state index contributed by atoms with van der Waals surface area (Å²) in [6.07, 6.45) is 0. The van der Waals surface area contributed by atoms with Crippen LogP contribution in [0.15, 0.2) is 24.3 Å². The van der Waals surface area contributed by atoms with Crippen molar-refractivity contribution in [3.05, 3.63) is 41.1 Å². The van der Waals surface area contributed by atoms with Crippen LogP contribution in [0.1, 0.15) is 21.6 Å². The second kappa shape index (κ2) is 4.55. The molecule has 0 aliphatic carbocycles. The summed E-state index contributed by atoms with van der Waals surface area (Å²) in [4.78, 5) is 16.1. The van der Waals surface area contributed by atoms with Crippen molar-refractivity contribution in [2.45, 2.75) is 13.8 Å². The zero-order chi connectivity index (χ0) is 12.4. The molecule has 0 saturated heterocycles. The van der Waals surface area contributed by atoms with Crippen LogP contribution in [0.3, 0.4) is 0 Å². The van der Waals surface area contributed by atoms with E-state index >= 15 is 0 Å². The van der Waals surface area contributed by atoms with Gasteiger partial charge >= 0.3 is 0 Å². The summed E-state index contributed by atoms with van der Waals surface area (Å²) in [6.45, 7) is 3.76. The summed E-state index contributed by atoms with van der Waals surface area (Å²) >= 11 is 1.28. The van der Waals surface area contributed by atoms with Crippen molar-refractivity contribution in [3.8, 4) is 0 Å². The molecule has 2 aromatic rings. The lowest BCUT2D eigenvalue weighted by Crippen LogP contribution is -2.11. The maximum absolute atomic E-state index is 11.9. The van der Waals surface area contributed by atoms with Gasteiger partial charge in [-0.2, -0.15) is 0 Å². The van der Waals surface area contributed by atoms with Gasteiger partial charge in [-0.15, -0.1) is 0 Å². The van der Waals surface area contributed by atoms with Gasteiger partial charge in [0.25, 0.3) is 5.91 Å². The third-order valence-corrected chi connectivity index (χ3v) is 3.24. The fourth-order valence-corrected chi connectivity index (χ4v) is 2.15. The van der Waals surface area contributed by atoms with Crippen molar-refractivity contribution >= 4 is 27.4 Å². The average molecular weight is 247 g/mol. The topological polar surface area (TPSA) is 68.0 Å². The molecule has 0 aliphatic rings. The number of benzene rings is 1. The monoisotopic (exact) mass is 247 g/mol. The van der Waals surface area contributed by atoms with Crippen molar-refractivity contribution in [3.63, 3.8) is 0 Å². The van der Waals surface area contributed by atoms with Gasteiger partial charge in [0.15, 0.2) is 5.13 Å².